The van der Waals surface area contributed by atoms with Gasteiger partial charge in [0.05, 0.1) is 0 Å². The molecule has 2 N–H and O–H groups in total. The maximum absolute atomic E-state index is 12.3. The number of carbonyl (C=O) groups is 2. The van der Waals surface area contributed by atoms with Crippen molar-refractivity contribution in [1.29, 1.82) is 0 Å². The van der Waals surface area contributed by atoms with E-state index in [9.17, 15) is 18.0 Å². The predicted molar refractivity (Wildman–Crippen MR) is 104 cm³/mol. The molecule has 0 unspecified atom stereocenters. The molecule has 154 valence electrons. The van der Waals surface area contributed by atoms with Crippen molar-refractivity contribution in [1.82, 2.24) is 14.6 Å². The number of hydrogen-bond donors (Lipinski definition) is 2. The highest BCUT2D eigenvalue weighted by atomic mass is 32.2. The fourth-order valence-corrected chi connectivity index (χ4v) is 3.50. The summed E-state index contributed by atoms with van der Waals surface area (Å²) in [6, 6.07) is 8.46. The van der Waals surface area contributed by atoms with Gasteiger partial charge in [-0.3, -0.25) is 4.72 Å². The van der Waals surface area contributed by atoms with Gasteiger partial charge < -0.3 is 9.47 Å². The minimum Gasteiger partial charge on any atom is -0.483 e. The molecule has 2 aromatic rings. The van der Waals surface area contributed by atoms with Crippen LogP contribution in [-0.2, 0) is 16.6 Å². The van der Waals surface area contributed by atoms with Crippen LogP contribution in [0.5, 0.6) is 11.5 Å². The summed E-state index contributed by atoms with van der Waals surface area (Å²) in [6.07, 6.45) is 0.948. The maximum Gasteiger partial charge on any atom is 0.423 e. The van der Waals surface area contributed by atoms with Crippen LogP contribution in [0.1, 0.15) is 19.4 Å². The van der Waals surface area contributed by atoms with Gasteiger partial charge in [0.1, 0.15) is 11.4 Å². The van der Waals surface area contributed by atoms with Crippen LogP contribution >= 0.6 is 0 Å². The van der Waals surface area contributed by atoms with Gasteiger partial charge in [-0.25, -0.2) is 24.2 Å². The first kappa shape index (κ1) is 20.4. The van der Waals surface area contributed by atoms with E-state index >= 15 is 0 Å². The summed E-state index contributed by atoms with van der Waals surface area (Å²) in [4.78, 5) is 28.8. The molecular formula is C18H20N4O6S. The van der Waals surface area contributed by atoms with Crippen LogP contribution in [0.3, 0.4) is 0 Å². The molecule has 0 aliphatic carbocycles. The van der Waals surface area contributed by atoms with E-state index in [0.717, 1.165) is 12.6 Å². The molecule has 1 aromatic carbocycles. The lowest BCUT2D eigenvalue weighted by atomic mass is 10.0. The molecule has 11 heteroatoms. The third-order valence-corrected chi connectivity index (χ3v) is 4.88. The van der Waals surface area contributed by atoms with Crippen LogP contribution in [-0.4, -0.2) is 43.1 Å². The Labute approximate surface area is 168 Å². The highest BCUT2D eigenvalue weighted by molar-refractivity contribution is 7.91. The standard InChI is InChI=1S/C18H20N4O6S/c1-18(2)11-12-7-6-8-13(15(12)28-18)27-17(24)22(3)16(23)21-29(25,26)20-14-9-4-5-10-19-14/h4-10H,11H2,1-3H3,(H,19,20)(H,21,23). The van der Waals surface area contributed by atoms with Crippen LogP contribution < -0.4 is 18.9 Å². The van der Waals surface area contributed by atoms with Crippen molar-refractivity contribution >= 4 is 28.2 Å². The topological polar surface area (TPSA) is 127 Å². The lowest BCUT2D eigenvalue weighted by Gasteiger charge is -2.19. The molecule has 0 saturated carbocycles. The fraction of sp³-hybridized carbons (Fsp3) is 0.278. The van der Waals surface area contributed by atoms with Gasteiger partial charge in [-0.15, -0.1) is 0 Å². The number of anilines is 1. The number of para-hydroxylation sites is 1. The normalized spacial score (nSPS) is 14.3. The van der Waals surface area contributed by atoms with Crippen molar-refractivity contribution in [2.75, 3.05) is 11.8 Å². The number of rotatable bonds is 4. The van der Waals surface area contributed by atoms with Crippen molar-refractivity contribution in [2.24, 2.45) is 0 Å². The van der Waals surface area contributed by atoms with Crippen LogP contribution in [0.15, 0.2) is 42.6 Å². The number of hydrogen-bond acceptors (Lipinski definition) is 7. The number of nitrogens with zero attached hydrogens (tertiary/aromatic N) is 2. The molecule has 0 radical (unpaired) electrons. The van der Waals surface area contributed by atoms with E-state index in [0.29, 0.717) is 17.1 Å². The van der Waals surface area contributed by atoms with Crippen molar-refractivity contribution in [3.63, 3.8) is 0 Å². The molecule has 1 aliphatic heterocycles. The number of aromatic nitrogens is 1. The van der Waals surface area contributed by atoms with Gasteiger partial charge in [-0.05, 0) is 32.0 Å². The van der Waals surface area contributed by atoms with Gasteiger partial charge in [-0.1, -0.05) is 18.2 Å². The molecular weight excluding hydrogens is 400 g/mol. The number of amides is 3. The second kappa shape index (κ2) is 7.59. The van der Waals surface area contributed by atoms with E-state index in [-0.39, 0.29) is 11.6 Å². The van der Waals surface area contributed by atoms with Crippen molar-refractivity contribution in [3.8, 4) is 11.5 Å². The van der Waals surface area contributed by atoms with Gasteiger partial charge in [-0.2, -0.15) is 8.42 Å². The number of urea groups is 1. The third-order valence-electron chi connectivity index (χ3n) is 3.96. The summed E-state index contributed by atoms with van der Waals surface area (Å²) >= 11 is 0. The zero-order valence-electron chi connectivity index (χ0n) is 16.0. The number of carbonyl (C=O) groups excluding carboxylic acids is 2. The van der Waals surface area contributed by atoms with Crippen LogP contribution in [0.2, 0.25) is 0 Å². The Morgan fingerprint density at radius 3 is 2.66 bits per heavy atom. The fourth-order valence-electron chi connectivity index (χ4n) is 2.68. The number of nitrogens with one attached hydrogen (secondary N) is 2. The molecule has 0 fully saturated rings. The van der Waals surface area contributed by atoms with Gasteiger partial charge in [0, 0.05) is 25.2 Å². The van der Waals surface area contributed by atoms with E-state index < -0.39 is 27.9 Å². The number of fused-ring (bicyclic) bond motifs is 1. The largest absolute Gasteiger partial charge is 0.483 e. The van der Waals surface area contributed by atoms with E-state index in [1.54, 1.807) is 22.9 Å². The SMILES string of the molecule is CN(C(=O)NS(=O)(=O)Nc1ccccn1)C(=O)Oc1cccc2c1OC(C)(C)C2. The average Bonchev–Trinajstić information content (AvgIpc) is 2.96. The molecule has 2 heterocycles. The molecule has 1 aliphatic rings. The van der Waals surface area contributed by atoms with Crippen LogP contribution in [0.25, 0.3) is 0 Å². The van der Waals surface area contributed by atoms with E-state index in [4.69, 9.17) is 9.47 Å². The van der Waals surface area contributed by atoms with Crippen LogP contribution in [0, 0.1) is 0 Å². The first-order chi connectivity index (χ1) is 13.6. The van der Waals surface area contributed by atoms with Crippen molar-refractivity contribution < 1.29 is 27.5 Å². The quantitative estimate of drug-likeness (QED) is 0.777. The summed E-state index contributed by atoms with van der Waals surface area (Å²) in [6.45, 7) is 3.80. The summed E-state index contributed by atoms with van der Waals surface area (Å²) in [5.41, 5.74) is 0.425. The second-order valence-electron chi connectivity index (χ2n) is 6.94. The number of ether oxygens (including phenoxy) is 2. The summed E-state index contributed by atoms with van der Waals surface area (Å²) in [5, 5.41) is 0. The molecule has 3 amide bonds. The monoisotopic (exact) mass is 420 g/mol. The molecule has 0 saturated heterocycles. The highest BCUT2D eigenvalue weighted by Crippen LogP contribution is 2.41. The smallest absolute Gasteiger partial charge is 0.423 e. The van der Waals surface area contributed by atoms with Gasteiger partial charge in [0.2, 0.25) is 0 Å². The zero-order valence-corrected chi connectivity index (χ0v) is 16.8. The van der Waals surface area contributed by atoms with Gasteiger partial charge in [0.25, 0.3) is 0 Å². The number of benzene rings is 1. The Kier molecular flexibility index (Phi) is 5.33. The van der Waals surface area contributed by atoms with E-state index in [2.05, 4.69) is 9.71 Å². The lowest BCUT2D eigenvalue weighted by Crippen LogP contribution is -2.46. The van der Waals surface area contributed by atoms with E-state index in [1.165, 1.54) is 18.3 Å². The summed E-state index contributed by atoms with van der Waals surface area (Å²) in [7, 11) is -3.21. The number of imide groups is 1. The Hall–Kier alpha value is -3.34. The third kappa shape index (κ3) is 4.93. The highest BCUT2D eigenvalue weighted by Gasteiger charge is 2.33. The maximum atomic E-state index is 12.3. The Balaban J connectivity index is 1.65. The predicted octanol–water partition coefficient (Wildman–Crippen LogP) is 2.29. The molecule has 1 aromatic heterocycles. The minimum absolute atomic E-state index is 0.0117. The Morgan fingerprint density at radius 2 is 1.97 bits per heavy atom. The first-order valence-corrected chi connectivity index (χ1v) is 10.1. The molecule has 0 bridgehead atoms. The Bertz CT molecular complexity index is 1040. The number of pyridine rings is 1. The molecule has 0 atom stereocenters. The molecule has 10 nitrogen and oxygen atoms in total. The average molecular weight is 420 g/mol. The summed E-state index contributed by atoms with van der Waals surface area (Å²) < 4.78 is 38.9. The second-order valence-corrected chi connectivity index (χ2v) is 8.35. The first-order valence-electron chi connectivity index (χ1n) is 8.58. The molecule has 3 rings (SSSR count). The van der Waals surface area contributed by atoms with Gasteiger partial charge in [0.15, 0.2) is 11.5 Å². The summed E-state index contributed by atoms with van der Waals surface area (Å²) in [5.74, 6) is 0.578. The zero-order chi connectivity index (χ0) is 21.2. The minimum atomic E-state index is -4.30. The van der Waals surface area contributed by atoms with Crippen molar-refractivity contribution in [2.45, 2.75) is 25.9 Å². The Morgan fingerprint density at radius 1 is 1.21 bits per heavy atom. The van der Waals surface area contributed by atoms with Crippen molar-refractivity contribution in [3.05, 3.63) is 48.2 Å². The van der Waals surface area contributed by atoms with E-state index in [1.807, 2.05) is 19.9 Å². The van der Waals surface area contributed by atoms with Gasteiger partial charge >= 0.3 is 22.3 Å². The van der Waals surface area contributed by atoms with Crippen LogP contribution in [0.4, 0.5) is 15.4 Å². The lowest BCUT2D eigenvalue weighted by molar-refractivity contribution is 0.129. The molecule has 0 spiro atoms. The molecule has 29 heavy (non-hydrogen) atoms.